The summed E-state index contributed by atoms with van der Waals surface area (Å²) < 4.78 is 0. The van der Waals surface area contributed by atoms with E-state index in [1.54, 1.807) is 0 Å². The fourth-order valence-corrected chi connectivity index (χ4v) is 2.09. The number of anilines is 1. The summed E-state index contributed by atoms with van der Waals surface area (Å²) in [5, 5.41) is 3.43. The molecule has 1 aromatic heterocycles. The molecule has 1 unspecified atom stereocenters. The van der Waals surface area contributed by atoms with Crippen molar-refractivity contribution in [1.82, 2.24) is 15.3 Å². The lowest BCUT2D eigenvalue weighted by Gasteiger charge is -2.33. The topological polar surface area (TPSA) is 44.0 Å². The van der Waals surface area contributed by atoms with Gasteiger partial charge in [-0.15, -0.1) is 0 Å². The van der Waals surface area contributed by atoms with Crippen LogP contribution in [0.1, 0.15) is 19.8 Å². The van der Waals surface area contributed by atoms with Gasteiger partial charge < -0.3 is 15.2 Å². The van der Waals surface area contributed by atoms with Crippen molar-refractivity contribution in [3.8, 4) is 0 Å². The van der Waals surface area contributed by atoms with Crippen LogP contribution >= 0.6 is 0 Å². The Labute approximate surface area is 84.7 Å². The minimum Gasteiger partial charge on any atom is -0.338 e. The summed E-state index contributed by atoms with van der Waals surface area (Å²) in [7, 11) is 0. The maximum Gasteiger partial charge on any atom is 0.203 e. The molecular weight excluding hydrogens is 176 g/mol. The first-order valence-corrected chi connectivity index (χ1v) is 5.38. The normalized spacial score (nSPS) is 22.2. The van der Waals surface area contributed by atoms with Crippen LogP contribution in [0.4, 0.5) is 5.95 Å². The molecule has 2 heterocycles. The third-order valence-electron chi connectivity index (χ3n) is 2.81. The number of nitrogens with zero attached hydrogens (tertiary/aromatic N) is 2. The Morgan fingerprint density at radius 2 is 2.57 bits per heavy atom. The molecule has 0 aromatic carbocycles. The SMILES string of the molecule is CCN(c1ncc[nH]1)C1CCCNC1. The maximum absolute atomic E-state index is 4.31. The van der Waals surface area contributed by atoms with Crippen molar-refractivity contribution in [2.24, 2.45) is 0 Å². The number of rotatable bonds is 3. The maximum atomic E-state index is 4.31. The van der Waals surface area contributed by atoms with Crippen molar-refractivity contribution >= 4 is 5.95 Å². The van der Waals surface area contributed by atoms with E-state index in [9.17, 15) is 0 Å². The van der Waals surface area contributed by atoms with E-state index in [-0.39, 0.29) is 0 Å². The van der Waals surface area contributed by atoms with E-state index in [2.05, 4.69) is 27.1 Å². The highest BCUT2D eigenvalue weighted by Crippen LogP contribution is 2.15. The number of H-pyrrole nitrogens is 1. The van der Waals surface area contributed by atoms with Gasteiger partial charge in [-0.3, -0.25) is 0 Å². The quantitative estimate of drug-likeness (QED) is 0.754. The molecule has 4 nitrogen and oxygen atoms in total. The summed E-state index contributed by atoms with van der Waals surface area (Å²) in [4.78, 5) is 9.82. The monoisotopic (exact) mass is 194 g/mol. The van der Waals surface area contributed by atoms with Gasteiger partial charge >= 0.3 is 0 Å². The lowest BCUT2D eigenvalue weighted by Crippen LogP contribution is -2.46. The predicted molar refractivity (Wildman–Crippen MR) is 57.5 cm³/mol. The molecule has 1 aliphatic rings. The van der Waals surface area contributed by atoms with E-state index >= 15 is 0 Å². The highest BCUT2D eigenvalue weighted by atomic mass is 15.3. The molecule has 0 amide bonds. The van der Waals surface area contributed by atoms with Crippen LogP contribution in [-0.4, -0.2) is 35.6 Å². The summed E-state index contributed by atoms with van der Waals surface area (Å²) in [5.41, 5.74) is 0. The fraction of sp³-hybridized carbons (Fsp3) is 0.700. The molecule has 1 saturated heterocycles. The number of imidazole rings is 1. The van der Waals surface area contributed by atoms with Crippen LogP contribution in [0, 0.1) is 0 Å². The summed E-state index contributed by atoms with van der Waals surface area (Å²) in [6.07, 6.45) is 6.23. The molecule has 1 aromatic rings. The summed E-state index contributed by atoms with van der Waals surface area (Å²) in [5.74, 6) is 1.00. The zero-order valence-electron chi connectivity index (χ0n) is 8.66. The Hall–Kier alpha value is -1.03. The first kappa shape index (κ1) is 9.52. The van der Waals surface area contributed by atoms with Crippen molar-refractivity contribution in [3.05, 3.63) is 12.4 Å². The van der Waals surface area contributed by atoms with Crippen LogP contribution in [0.5, 0.6) is 0 Å². The van der Waals surface area contributed by atoms with E-state index in [0.717, 1.165) is 25.6 Å². The van der Waals surface area contributed by atoms with Gasteiger partial charge in [0.2, 0.25) is 5.95 Å². The van der Waals surface area contributed by atoms with Gasteiger partial charge in [-0.2, -0.15) is 0 Å². The van der Waals surface area contributed by atoms with E-state index in [1.807, 2.05) is 12.4 Å². The molecular formula is C10H18N4. The van der Waals surface area contributed by atoms with Crippen LogP contribution in [0.15, 0.2) is 12.4 Å². The van der Waals surface area contributed by atoms with Gasteiger partial charge in [-0.1, -0.05) is 0 Å². The molecule has 4 heteroatoms. The van der Waals surface area contributed by atoms with Crippen molar-refractivity contribution in [2.45, 2.75) is 25.8 Å². The third-order valence-corrected chi connectivity index (χ3v) is 2.81. The lowest BCUT2D eigenvalue weighted by molar-refractivity contribution is 0.432. The van der Waals surface area contributed by atoms with Gasteiger partial charge in [0.1, 0.15) is 0 Å². The lowest BCUT2D eigenvalue weighted by atomic mass is 10.1. The fourth-order valence-electron chi connectivity index (χ4n) is 2.09. The number of aromatic amines is 1. The number of hydrogen-bond donors (Lipinski definition) is 2. The average molecular weight is 194 g/mol. The molecule has 78 valence electrons. The molecule has 14 heavy (non-hydrogen) atoms. The zero-order valence-corrected chi connectivity index (χ0v) is 8.66. The van der Waals surface area contributed by atoms with Crippen molar-refractivity contribution in [3.63, 3.8) is 0 Å². The first-order valence-electron chi connectivity index (χ1n) is 5.38. The average Bonchev–Trinajstić information content (AvgIpc) is 2.74. The highest BCUT2D eigenvalue weighted by molar-refractivity contribution is 5.31. The van der Waals surface area contributed by atoms with Crippen molar-refractivity contribution < 1.29 is 0 Å². The van der Waals surface area contributed by atoms with Crippen LogP contribution in [0.2, 0.25) is 0 Å². The smallest absolute Gasteiger partial charge is 0.203 e. The minimum atomic E-state index is 0.597. The van der Waals surface area contributed by atoms with Crippen LogP contribution in [0.3, 0.4) is 0 Å². The molecule has 1 fully saturated rings. The molecule has 0 spiro atoms. The first-order chi connectivity index (χ1) is 6.92. The van der Waals surface area contributed by atoms with Crippen molar-refractivity contribution in [2.75, 3.05) is 24.5 Å². The number of nitrogens with one attached hydrogen (secondary N) is 2. The Morgan fingerprint density at radius 1 is 1.64 bits per heavy atom. The Bertz CT molecular complexity index is 251. The van der Waals surface area contributed by atoms with Crippen LogP contribution in [0.25, 0.3) is 0 Å². The summed E-state index contributed by atoms with van der Waals surface area (Å²) in [6.45, 7) is 5.43. The van der Waals surface area contributed by atoms with Gasteiger partial charge in [-0.05, 0) is 26.3 Å². The number of piperidine rings is 1. The summed E-state index contributed by atoms with van der Waals surface area (Å²) >= 11 is 0. The van der Waals surface area contributed by atoms with Gasteiger partial charge in [0.15, 0.2) is 0 Å². The second kappa shape index (κ2) is 4.46. The zero-order chi connectivity index (χ0) is 9.80. The van der Waals surface area contributed by atoms with E-state index < -0.39 is 0 Å². The Balaban J connectivity index is 2.04. The summed E-state index contributed by atoms with van der Waals surface area (Å²) in [6, 6.07) is 0.597. The molecule has 2 N–H and O–H groups in total. The predicted octanol–water partition coefficient (Wildman–Crippen LogP) is 0.988. The van der Waals surface area contributed by atoms with E-state index in [0.29, 0.717) is 6.04 Å². The molecule has 0 saturated carbocycles. The molecule has 1 aliphatic heterocycles. The third kappa shape index (κ3) is 1.90. The molecule has 2 rings (SSSR count). The van der Waals surface area contributed by atoms with Crippen LogP contribution < -0.4 is 10.2 Å². The molecule has 0 bridgehead atoms. The second-order valence-electron chi connectivity index (χ2n) is 3.70. The molecule has 1 atom stereocenters. The van der Waals surface area contributed by atoms with Gasteiger partial charge in [-0.25, -0.2) is 4.98 Å². The number of hydrogen-bond acceptors (Lipinski definition) is 3. The van der Waals surface area contributed by atoms with E-state index in [4.69, 9.17) is 0 Å². The minimum absolute atomic E-state index is 0.597. The van der Waals surface area contributed by atoms with Gasteiger partial charge in [0, 0.05) is 31.5 Å². The van der Waals surface area contributed by atoms with Crippen molar-refractivity contribution in [1.29, 1.82) is 0 Å². The number of likely N-dealkylation sites (N-methyl/N-ethyl adjacent to an activating group) is 1. The largest absolute Gasteiger partial charge is 0.338 e. The standard InChI is InChI=1S/C10H18N4/c1-2-14(10-12-6-7-13-10)9-4-3-5-11-8-9/h6-7,9,11H,2-5,8H2,1H3,(H,12,13). The number of aromatic nitrogens is 2. The Morgan fingerprint density at radius 3 is 3.14 bits per heavy atom. The van der Waals surface area contributed by atoms with Gasteiger partial charge in [0.05, 0.1) is 0 Å². The van der Waals surface area contributed by atoms with Gasteiger partial charge in [0.25, 0.3) is 0 Å². The van der Waals surface area contributed by atoms with E-state index in [1.165, 1.54) is 12.8 Å². The second-order valence-corrected chi connectivity index (χ2v) is 3.70. The molecule has 0 aliphatic carbocycles. The Kier molecular flexibility index (Phi) is 3.03. The molecule has 0 radical (unpaired) electrons. The van der Waals surface area contributed by atoms with Crippen LogP contribution in [-0.2, 0) is 0 Å². The highest BCUT2D eigenvalue weighted by Gasteiger charge is 2.20.